The predicted molar refractivity (Wildman–Crippen MR) is 63.2 cm³/mol. The fraction of sp³-hybridized carbons (Fsp3) is 0.727. The summed E-state index contributed by atoms with van der Waals surface area (Å²) < 4.78 is 5.14. The monoisotopic (exact) mass is 226 g/mol. The highest BCUT2D eigenvalue weighted by Gasteiger charge is 2.15. The normalized spacial score (nSPS) is 21.9. The van der Waals surface area contributed by atoms with Crippen LogP contribution in [0.25, 0.3) is 0 Å². The van der Waals surface area contributed by atoms with E-state index in [9.17, 15) is 0 Å². The summed E-state index contributed by atoms with van der Waals surface area (Å²) in [6, 6.07) is 0.664. The lowest BCUT2D eigenvalue weighted by Gasteiger charge is -2.22. The summed E-state index contributed by atoms with van der Waals surface area (Å²) in [4.78, 5) is 0. The van der Waals surface area contributed by atoms with Crippen LogP contribution in [0.4, 0.5) is 0 Å². The van der Waals surface area contributed by atoms with Gasteiger partial charge in [0, 0.05) is 23.9 Å². The SMILES string of the molecule is Cc1noc(C)c1CN[C@@H]1CCCSC1. The second kappa shape index (κ2) is 5.03. The Hall–Kier alpha value is -0.480. The Balaban J connectivity index is 1.87. The van der Waals surface area contributed by atoms with Gasteiger partial charge in [-0.2, -0.15) is 11.8 Å². The van der Waals surface area contributed by atoms with Gasteiger partial charge >= 0.3 is 0 Å². The Morgan fingerprint density at radius 1 is 1.53 bits per heavy atom. The molecule has 1 atom stereocenters. The van der Waals surface area contributed by atoms with Gasteiger partial charge in [-0.3, -0.25) is 0 Å². The molecule has 0 aliphatic carbocycles. The van der Waals surface area contributed by atoms with Crippen LogP contribution in [0.2, 0.25) is 0 Å². The highest BCUT2D eigenvalue weighted by atomic mass is 32.2. The first-order chi connectivity index (χ1) is 7.27. The zero-order valence-electron chi connectivity index (χ0n) is 9.38. The molecule has 1 N–H and O–H groups in total. The minimum absolute atomic E-state index is 0.664. The molecule has 0 radical (unpaired) electrons. The highest BCUT2D eigenvalue weighted by Crippen LogP contribution is 2.18. The topological polar surface area (TPSA) is 38.1 Å². The van der Waals surface area contributed by atoms with Crippen molar-refractivity contribution in [2.45, 2.75) is 39.3 Å². The first-order valence-electron chi connectivity index (χ1n) is 5.50. The number of thioether (sulfide) groups is 1. The zero-order chi connectivity index (χ0) is 10.7. The lowest BCUT2D eigenvalue weighted by atomic mass is 10.1. The third-order valence-electron chi connectivity index (χ3n) is 2.91. The lowest BCUT2D eigenvalue weighted by molar-refractivity contribution is 0.391. The number of hydrogen-bond acceptors (Lipinski definition) is 4. The van der Waals surface area contributed by atoms with Crippen LogP contribution in [0.3, 0.4) is 0 Å². The molecule has 3 nitrogen and oxygen atoms in total. The Bertz CT molecular complexity index is 299. The van der Waals surface area contributed by atoms with E-state index in [1.54, 1.807) is 0 Å². The zero-order valence-corrected chi connectivity index (χ0v) is 10.2. The first kappa shape index (κ1) is 11.0. The Kier molecular flexibility index (Phi) is 3.70. The molecule has 84 valence electrons. The van der Waals surface area contributed by atoms with Crippen molar-refractivity contribution in [3.63, 3.8) is 0 Å². The lowest BCUT2D eigenvalue weighted by Crippen LogP contribution is -2.33. The van der Waals surface area contributed by atoms with E-state index in [4.69, 9.17) is 4.52 Å². The average Bonchev–Trinajstić information content (AvgIpc) is 2.58. The van der Waals surface area contributed by atoms with E-state index in [1.165, 1.54) is 29.9 Å². The van der Waals surface area contributed by atoms with Crippen LogP contribution in [0.1, 0.15) is 29.9 Å². The Morgan fingerprint density at radius 3 is 3.00 bits per heavy atom. The van der Waals surface area contributed by atoms with Crippen LogP contribution in [0.5, 0.6) is 0 Å². The van der Waals surface area contributed by atoms with E-state index >= 15 is 0 Å². The molecule has 2 heterocycles. The molecule has 0 bridgehead atoms. The van der Waals surface area contributed by atoms with Crippen molar-refractivity contribution >= 4 is 11.8 Å². The molecule has 1 aliphatic heterocycles. The number of hydrogen-bond donors (Lipinski definition) is 1. The van der Waals surface area contributed by atoms with Crippen LogP contribution in [-0.2, 0) is 6.54 Å². The van der Waals surface area contributed by atoms with E-state index in [0.717, 1.165) is 18.0 Å². The number of aromatic nitrogens is 1. The van der Waals surface area contributed by atoms with Crippen molar-refractivity contribution in [2.75, 3.05) is 11.5 Å². The third-order valence-corrected chi connectivity index (χ3v) is 4.12. The standard InChI is InChI=1S/C11H18N2OS/c1-8-11(9(2)14-13-8)6-12-10-4-3-5-15-7-10/h10,12H,3-7H2,1-2H3/t10-/m1/s1. The summed E-state index contributed by atoms with van der Waals surface area (Å²) in [5.74, 6) is 3.51. The van der Waals surface area contributed by atoms with Gasteiger partial charge in [0.2, 0.25) is 0 Å². The molecular weight excluding hydrogens is 208 g/mol. The van der Waals surface area contributed by atoms with E-state index in [0.29, 0.717) is 6.04 Å². The van der Waals surface area contributed by atoms with Gasteiger partial charge in [-0.05, 0) is 32.4 Å². The number of nitrogens with one attached hydrogen (secondary N) is 1. The highest BCUT2D eigenvalue weighted by molar-refractivity contribution is 7.99. The second-order valence-corrected chi connectivity index (χ2v) is 5.25. The van der Waals surface area contributed by atoms with Crippen LogP contribution < -0.4 is 5.32 Å². The van der Waals surface area contributed by atoms with Gasteiger partial charge in [-0.15, -0.1) is 0 Å². The maximum atomic E-state index is 5.14. The maximum absolute atomic E-state index is 5.14. The summed E-state index contributed by atoms with van der Waals surface area (Å²) in [7, 11) is 0. The fourth-order valence-electron chi connectivity index (χ4n) is 1.90. The third kappa shape index (κ3) is 2.75. The molecule has 0 saturated carbocycles. The van der Waals surface area contributed by atoms with Crippen LogP contribution in [-0.4, -0.2) is 22.7 Å². The van der Waals surface area contributed by atoms with Gasteiger partial charge in [0.15, 0.2) is 0 Å². The van der Waals surface area contributed by atoms with Crippen LogP contribution in [0.15, 0.2) is 4.52 Å². The maximum Gasteiger partial charge on any atom is 0.138 e. The van der Waals surface area contributed by atoms with E-state index in [2.05, 4.69) is 10.5 Å². The molecule has 0 spiro atoms. The second-order valence-electron chi connectivity index (χ2n) is 4.10. The minimum Gasteiger partial charge on any atom is -0.361 e. The van der Waals surface area contributed by atoms with Gasteiger partial charge in [0.1, 0.15) is 5.76 Å². The smallest absolute Gasteiger partial charge is 0.138 e. The summed E-state index contributed by atoms with van der Waals surface area (Å²) in [5.41, 5.74) is 2.24. The molecule has 1 fully saturated rings. The number of aryl methyl sites for hydroxylation is 2. The van der Waals surface area contributed by atoms with Gasteiger partial charge in [-0.1, -0.05) is 5.16 Å². The fourth-order valence-corrected chi connectivity index (χ4v) is 3.01. The van der Waals surface area contributed by atoms with Gasteiger partial charge in [-0.25, -0.2) is 0 Å². The molecule has 4 heteroatoms. The Labute approximate surface area is 95.0 Å². The molecule has 0 aromatic carbocycles. The quantitative estimate of drug-likeness (QED) is 0.858. The summed E-state index contributed by atoms with van der Waals surface area (Å²) in [6.45, 7) is 4.88. The molecule has 0 unspecified atom stereocenters. The van der Waals surface area contributed by atoms with Gasteiger partial charge < -0.3 is 9.84 Å². The Morgan fingerprint density at radius 2 is 2.40 bits per heavy atom. The van der Waals surface area contributed by atoms with Gasteiger partial charge in [0.05, 0.1) is 5.69 Å². The molecule has 1 aromatic rings. The molecule has 1 aromatic heterocycles. The molecule has 1 saturated heterocycles. The molecular formula is C11H18N2OS. The van der Waals surface area contributed by atoms with Crippen LogP contribution in [0, 0.1) is 13.8 Å². The summed E-state index contributed by atoms with van der Waals surface area (Å²) in [5, 5.41) is 7.54. The molecule has 15 heavy (non-hydrogen) atoms. The van der Waals surface area contributed by atoms with Crippen LogP contribution >= 0.6 is 11.8 Å². The number of nitrogens with zero attached hydrogens (tertiary/aromatic N) is 1. The van der Waals surface area contributed by atoms with Crippen molar-refractivity contribution in [3.05, 3.63) is 17.0 Å². The van der Waals surface area contributed by atoms with E-state index < -0.39 is 0 Å². The molecule has 0 amide bonds. The first-order valence-corrected chi connectivity index (χ1v) is 6.65. The average molecular weight is 226 g/mol. The largest absolute Gasteiger partial charge is 0.361 e. The summed E-state index contributed by atoms with van der Waals surface area (Å²) >= 11 is 2.05. The van der Waals surface area contributed by atoms with Crippen molar-refractivity contribution in [1.82, 2.24) is 10.5 Å². The minimum atomic E-state index is 0.664. The van der Waals surface area contributed by atoms with E-state index in [1.807, 2.05) is 25.6 Å². The molecule has 1 aliphatic rings. The van der Waals surface area contributed by atoms with Crippen molar-refractivity contribution in [2.24, 2.45) is 0 Å². The number of rotatable bonds is 3. The van der Waals surface area contributed by atoms with Crippen molar-refractivity contribution in [3.8, 4) is 0 Å². The summed E-state index contributed by atoms with van der Waals surface area (Å²) in [6.07, 6.45) is 2.64. The van der Waals surface area contributed by atoms with E-state index in [-0.39, 0.29) is 0 Å². The molecule has 2 rings (SSSR count). The van der Waals surface area contributed by atoms with Crippen molar-refractivity contribution < 1.29 is 4.52 Å². The van der Waals surface area contributed by atoms with Crippen molar-refractivity contribution in [1.29, 1.82) is 0 Å². The predicted octanol–water partition coefficient (Wildman–Crippen LogP) is 2.28. The van der Waals surface area contributed by atoms with Gasteiger partial charge in [0.25, 0.3) is 0 Å².